The fourth-order valence-electron chi connectivity index (χ4n) is 3.72. The predicted octanol–water partition coefficient (Wildman–Crippen LogP) is 3.26. The van der Waals surface area contributed by atoms with E-state index in [4.69, 9.17) is 0 Å². The van der Waals surface area contributed by atoms with Gasteiger partial charge in [-0.3, -0.25) is 0 Å². The quantitative estimate of drug-likeness (QED) is 0.870. The third-order valence-electron chi connectivity index (χ3n) is 4.92. The number of hydrogen-bond donors (Lipinski definition) is 2. The standard InChI is InChI=1S/C20H27NO2.ClH/c22-15-16-6-3-4-11-21(13-16)14-19(23)12-18-9-5-8-17-7-1-2-10-20(17)18;/h1-2,5,7-10,16,19,22-23H,3-4,6,11-15H2;1H. The van der Waals surface area contributed by atoms with Crippen molar-refractivity contribution < 1.29 is 10.2 Å². The highest BCUT2D eigenvalue weighted by Gasteiger charge is 2.20. The van der Waals surface area contributed by atoms with Gasteiger partial charge in [-0.25, -0.2) is 0 Å². The lowest BCUT2D eigenvalue weighted by atomic mass is 9.99. The van der Waals surface area contributed by atoms with Gasteiger partial charge in [0.25, 0.3) is 0 Å². The molecule has 0 spiro atoms. The van der Waals surface area contributed by atoms with Crippen molar-refractivity contribution in [3.05, 3.63) is 48.0 Å². The topological polar surface area (TPSA) is 43.7 Å². The lowest BCUT2D eigenvalue weighted by molar-refractivity contribution is 0.0977. The molecule has 132 valence electrons. The monoisotopic (exact) mass is 349 g/mol. The van der Waals surface area contributed by atoms with Gasteiger partial charge >= 0.3 is 0 Å². The maximum absolute atomic E-state index is 10.6. The highest BCUT2D eigenvalue weighted by Crippen LogP contribution is 2.21. The Labute approximate surface area is 150 Å². The number of β-amino-alcohol motifs (C(OH)–C–C–N with tert-alkyl or cyclic N) is 1. The van der Waals surface area contributed by atoms with Gasteiger partial charge < -0.3 is 15.1 Å². The van der Waals surface area contributed by atoms with Crippen molar-refractivity contribution in [3.8, 4) is 0 Å². The first-order valence-electron chi connectivity index (χ1n) is 8.74. The molecule has 2 aromatic rings. The molecular weight excluding hydrogens is 322 g/mol. The molecule has 1 aliphatic rings. The van der Waals surface area contributed by atoms with Gasteiger partial charge in [-0.2, -0.15) is 0 Å². The van der Waals surface area contributed by atoms with Crippen molar-refractivity contribution >= 4 is 23.2 Å². The molecular formula is C20H28ClNO2. The van der Waals surface area contributed by atoms with E-state index < -0.39 is 0 Å². The minimum atomic E-state index is -0.363. The van der Waals surface area contributed by atoms with Crippen LogP contribution >= 0.6 is 12.4 Å². The third-order valence-corrected chi connectivity index (χ3v) is 4.92. The molecule has 0 amide bonds. The summed E-state index contributed by atoms with van der Waals surface area (Å²) < 4.78 is 0. The molecule has 0 radical (unpaired) electrons. The van der Waals surface area contributed by atoms with E-state index >= 15 is 0 Å². The molecule has 24 heavy (non-hydrogen) atoms. The summed E-state index contributed by atoms with van der Waals surface area (Å²) in [6.45, 7) is 2.89. The highest BCUT2D eigenvalue weighted by molar-refractivity contribution is 5.86. The summed E-state index contributed by atoms with van der Waals surface area (Å²) in [6.07, 6.45) is 3.77. The minimum Gasteiger partial charge on any atom is -0.396 e. The molecule has 2 atom stereocenters. The molecule has 3 nitrogen and oxygen atoms in total. The Morgan fingerprint density at radius 1 is 1.08 bits per heavy atom. The minimum absolute atomic E-state index is 0. The molecule has 1 fully saturated rings. The number of halogens is 1. The first kappa shape index (κ1) is 19.2. The summed E-state index contributed by atoms with van der Waals surface area (Å²) in [5.74, 6) is 0.363. The molecule has 2 unspecified atom stereocenters. The zero-order valence-electron chi connectivity index (χ0n) is 14.1. The predicted molar refractivity (Wildman–Crippen MR) is 102 cm³/mol. The fraction of sp³-hybridized carbons (Fsp3) is 0.500. The van der Waals surface area contributed by atoms with Crippen LogP contribution < -0.4 is 0 Å². The normalized spacial score (nSPS) is 20.3. The number of nitrogens with zero attached hydrogens (tertiary/aromatic N) is 1. The molecule has 2 N–H and O–H groups in total. The Morgan fingerprint density at radius 2 is 1.88 bits per heavy atom. The van der Waals surface area contributed by atoms with Gasteiger partial charge in [-0.05, 0) is 41.6 Å². The van der Waals surface area contributed by atoms with E-state index in [9.17, 15) is 10.2 Å². The molecule has 3 rings (SSSR count). The Bertz CT molecular complexity index is 629. The van der Waals surface area contributed by atoms with Crippen LogP contribution in [0.5, 0.6) is 0 Å². The van der Waals surface area contributed by atoms with Crippen molar-refractivity contribution in [1.82, 2.24) is 4.90 Å². The molecule has 4 heteroatoms. The molecule has 0 bridgehead atoms. The SMILES string of the molecule is Cl.OCC1CCCCN(CC(O)Cc2cccc3ccccc23)C1. The van der Waals surface area contributed by atoms with Crippen LogP contribution in [0, 0.1) is 5.92 Å². The average molecular weight is 350 g/mol. The number of hydrogen-bond acceptors (Lipinski definition) is 3. The summed E-state index contributed by atoms with van der Waals surface area (Å²) in [6, 6.07) is 14.7. The van der Waals surface area contributed by atoms with Crippen molar-refractivity contribution in [2.75, 3.05) is 26.2 Å². The Hall–Kier alpha value is -1.13. The summed E-state index contributed by atoms with van der Waals surface area (Å²) in [5.41, 5.74) is 1.21. The van der Waals surface area contributed by atoms with E-state index in [1.165, 1.54) is 22.8 Å². The molecule has 0 aliphatic carbocycles. The average Bonchev–Trinajstić information content (AvgIpc) is 2.80. The van der Waals surface area contributed by atoms with Crippen LogP contribution in [-0.4, -0.2) is 47.5 Å². The highest BCUT2D eigenvalue weighted by atomic mass is 35.5. The van der Waals surface area contributed by atoms with E-state index in [-0.39, 0.29) is 25.1 Å². The molecule has 1 heterocycles. The van der Waals surface area contributed by atoms with Gasteiger partial charge in [-0.15, -0.1) is 12.4 Å². The molecule has 0 aromatic heterocycles. The zero-order valence-corrected chi connectivity index (χ0v) is 14.9. The van der Waals surface area contributed by atoms with Gasteiger partial charge in [0.15, 0.2) is 0 Å². The molecule has 1 aliphatic heterocycles. The van der Waals surface area contributed by atoms with Gasteiger partial charge in [-0.1, -0.05) is 48.9 Å². The maximum Gasteiger partial charge on any atom is 0.0707 e. The first-order valence-corrected chi connectivity index (χ1v) is 8.74. The summed E-state index contributed by atoms with van der Waals surface area (Å²) in [4.78, 5) is 2.32. The molecule has 2 aromatic carbocycles. The van der Waals surface area contributed by atoms with E-state index in [1.807, 2.05) is 0 Å². The number of likely N-dealkylation sites (tertiary alicyclic amines) is 1. The van der Waals surface area contributed by atoms with Crippen LogP contribution in [0.1, 0.15) is 24.8 Å². The van der Waals surface area contributed by atoms with Crippen molar-refractivity contribution in [3.63, 3.8) is 0 Å². The summed E-state index contributed by atoms with van der Waals surface area (Å²) in [5, 5.41) is 22.5. The van der Waals surface area contributed by atoms with Crippen LogP contribution in [0.3, 0.4) is 0 Å². The lowest BCUT2D eigenvalue weighted by Gasteiger charge is -2.26. The van der Waals surface area contributed by atoms with Crippen LogP contribution in [0.4, 0.5) is 0 Å². The second-order valence-electron chi connectivity index (χ2n) is 6.80. The van der Waals surface area contributed by atoms with Crippen LogP contribution in [0.25, 0.3) is 10.8 Å². The number of aliphatic hydroxyl groups excluding tert-OH is 2. The molecule has 1 saturated heterocycles. The number of fused-ring (bicyclic) bond motifs is 1. The van der Waals surface area contributed by atoms with E-state index in [1.54, 1.807) is 0 Å². The second-order valence-corrected chi connectivity index (χ2v) is 6.80. The van der Waals surface area contributed by atoms with Gasteiger partial charge in [0.05, 0.1) is 6.10 Å². The van der Waals surface area contributed by atoms with Crippen molar-refractivity contribution in [1.29, 1.82) is 0 Å². The van der Waals surface area contributed by atoms with Crippen LogP contribution in [0.2, 0.25) is 0 Å². The Morgan fingerprint density at radius 3 is 2.71 bits per heavy atom. The second kappa shape index (κ2) is 9.38. The third kappa shape index (κ3) is 4.93. The smallest absolute Gasteiger partial charge is 0.0707 e. The van der Waals surface area contributed by atoms with Crippen molar-refractivity contribution in [2.45, 2.75) is 31.8 Å². The number of benzene rings is 2. The van der Waals surface area contributed by atoms with Gasteiger partial charge in [0.1, 0.15) is 0 Å². The summed E-state index contributed by atoms with van der Waals surface area (Å²) in [7, 11) is 0. The van der Waals surface area contributed by atoms with Crippen LogP contribution in [0.15, 0.2) is 42.5 Å². The number of rotatable bonds is 5. The van der Waals surface area contributed by atoms with E-state index in [2.05, 4.69) is 47.4 Å². The zero-order chi connectivity index (χ0) is 16.1. The van der Waals surface area contributed by atoms with Gasteiger partial charge in [0, 0.05) is 26.1 Å². The van der Waals surface area contributed by atoms with E-state index in [0.29, 0.717) is 18.9 Å². The van der Waals surface area contributed by atoms with E-state index in [0.717, 1.165) is 25.9 Å². The largest absolute Gasteiger partial charge is 0.396 e. The fourth-order valence-corrected chi connectivity index (χ4v) is 3.72. The molecule has 0 saturated carbocycles. The maximum atomic E-state index is 10.6. The van der Waals surface area contributed by atoms with Crippen molar-refractivity contribution in [2.24, 2.45) is 5.92 Å². The Balaban J connectivity index is 0.00000208. The lowest BCUT2D eigenvalue weighted by Crippen LogP contribution is -2.37. The summed E-state index contributed by atoms with van der Waals surface area (Å²) >= 11 is 0. The van der Waals surface area contributed by atoms with Crippen LogP contribution in [-0.2, 0) is 6.42 Å². The van der Waals surface area contributed by atoms with Gasteiger partial charge in [0.2, 0.25) is 0 Å². The first-order chi connectivity index (χ1) is 11.3. The Kier molecular flexibility index (Phi) is 7.50. The number of aliphatic hydroxyl groups is 2.